The van der Waals surface area contributed by atoms with Gasteiger partial charge in [-0.2, -0.15) is 0 Å². The molecular weight excluding hydrogens is 260 g/mol. The van der Waals surface area contributed by atoms with Crippen LogP contribution in [0.4, 0.5) is 5.69 Å². The molecule has 0 atom stereocenters. The van der Waals surface area contributed by atoms with Crippen LogP contribution < -0.4 is 0 Å². The number of hydrogen-bond acceptors (Lipinski definition) is 2. The predicted molar refractivity (Wildman–Crippen MR) is 87.9 cm³/mol. The van der Waals surface area contributed by atoms with Crippen LogP contribution in [0.1, 0.15) is 22.3 Å². The molecule has 2 N–H and O–H groups in total. The zero-order valence-corrected chi connectivity index (χ0v) is 12.4. The Hall–Kier alpha value is -2.55. The summed E-state index contributed by atoms with van der Waals surface area (Å²) in [6.45, 7) is 6.16. The summed E-state index contributed by atoms with van der Waals surface area (Å²) in [5.41, 5.74) is 6.10. The Bertz CT molecular complexity index is 844. The highest BCUT2D eigenvalue weighted by Crippen LogP contribution is 2.28. The molecule has 3 aromatic rings. The Labute approximate surface area is 124 Å². The molecule has 0 spiro atoms. The van der Waals surface area contributed by atoms with Gasteiger partial charge >= 0.3 is 0 Å². The summed E-state index contributed by atoms with van der Waals surface area (Å²) in [4.78, 5) is 7.53. The van der Waals surface area contributed by atoms with Crippen molar-refractivity contribution in [2.24, 2.45) is 4.99 Å². The van der Waals surface area contributed by atoms with Gasteiger partial charge in [-0.25, -0.2) is 0 Å². The summed E-state index contributed by atoms with van der Waals surface area (Å²) in [5, 5.41) is 11.1. The Morgan fingerprint density at radius 3 is 2.71 bits per heavy atom. The molecule has 0 saturated heterocycles. The van der Waals surface area contributed by atoms with E-state index < -0.39 is 0 Å². The number of aliphatic imine (C=N–C) groups is 1. The van der Waals surface area contributed by atoms with Crippen molar-refractivity contribution in [1.29, 1.82) is 0 Å². The van der Waals surface area contributed by atoms with Gasteiger partial charge in [-0.1, -0.05) is 23.8 Å². The fourth-order valence-corrected chi connectivity index (χ4v) is 2.45. The van der Waals surface area contributed by atoms with Crippen LogP contribution >= 0.6 is 0 Å². The predicted octanol–water partition coefficient (Wildman–Crippen LogP) is 4.55. The number of nitrogens with zero attached hydrogens (tertiary/aromatic N) is 1. The number of aromatic nitrogens is 1. The SMILES string of the molecule is Cc1ccc2[nH]c(O)c(C=Nc3cccc(C)c3C)c2c1. The number of nitrogens with one attached hydrogen (secondary N) is 1. The van der Waals surface area contributed by atoms with Gasteiger partial charge in [-0.3, -0.25) is 4.99 Å². The van der Waals surface area contributed by atoms with Gasteiger partial charge < -0.3 is 10.1 Å². The summed E-state index contributed by atoms with van der Waals surface area (Å²) >= 11 is 0. The summed E-state index contributed by atoms with van der Waals surface area (Å²) < 4.78 is 0. The molecule has 0 aliphatic heterocycles. The number of hydrogen-bond donors (Lipinski definition) is 2. The van der Waals surface area contributed by atoms with E-state index in [1.807, 2.05) is 31.2 Å². The molecule has 3 heteroatoms. The van der Waals surface area contributed by atoms with Gasteiger partial charge in [0, 0.05) is 17.1 Å². The molecule has 1 aromatic heterocycles. The standard InChI is InChI=1S/C18H18N2O/c1-11-7-8-17-14(9-11)15(18(21)20-17)10-19-16-6-4-5-12(2)13(16)3/h4-10,20-21H,1-3H3. The van der Waals surface area contributed by atoms with E-state index >= 15 is 0 Å². The van der Waals surface area contributed by atoms with E-state index in [2.05, 4.69) is 36.0 Å². The van der Waals surface area contributed by atoms with E-state index in [1.54, 1.807) is 6.21 Å². The highest BCUT2D eigenvalue weighted by atomic mass is 16.3. The number of rotatable bonds is 2. The monoisotopic (exact) mass is 278 g/mol. The van der Waals surface area contributed by atoms with E-state index in [1.165, 1.54) is 5.56 Å². The van der Waals surface area contributed by atoms with Crippen molar-refractivity contribution >= 4 is 22.8 Å². The first-order valence-corrected chi connectivity index (χ1v) is 6.98. The van der Waals surface area contributed by atoms with E-state index in [4.69, 9.17) is 0 Å². The first-order chi connectivity index (χ1) is 10.1. The van der Waals surface area contributed by atoms with Crippen LogP contribution in [-0.2, 0) is 0 Å². The van der Waals surface area contributed by atoms with Gasteiger partial charge in [0.15, 0.2) is 5.88 Å². The van der Waals surface area contributed by atoms with E-state index in [0.29, 0.717) is 0 Å². The smallest absolute Gasteiger partial charge is 0.198 e. The number of benzene rings is 2. The topological polar surface area (TPSA) is 48.4 Å². The minimum absolute atomic E-state index is 0.157. The van der Waals surface area contributed by atoms with Crippen molar-refractivity contribution in [3.05, 3.63) is 58.7 Å². The second-order valence-electron chi connectivity index (χ2n) is 5.41. The van der Waals surface area contributed by atoms with E-state index in [-0.39, 0.29) is 5.88 Å². The lowest BCUT2D eigenvalue weighted by Gasteiger charge is -2.03. The lowest BCUT2D eigenvalue weighted by atomic mass is 10.1. The number of aromatic hydroxyl groups is 1. The van der Waals surface area contributed by atoms with Gasteiger partial charge in [0.05, 0.1) is 11.3 Å². The van der Waals surface area contributed by atoms with Crippen LogP contribution in [0.5, 0.6) is 5.88 Å². The van der Waals surface area contributed by atoms with Crippen molar-refractivity contribution in [3.8, 4) is 5.88 Å². The fourth-order valence-electron chi connectivity index (χ4n) is 2.45. The molecular formula is C18H18N2O. The molecule has 0 unspecified atom stereocenters. The highest BCUT2D eigenvalue weighted by Gasteiger charge is 2.09. The number of H-pyrrole nitrogens is 1. The molecule has 0 fully saturated rings. The third-order valence-electron chi connectivity index (χ3n) is 3.88. The van der Waals surface area contributed by atoms with Crippen molar-refractivity contribution < 1.29 is 5.11 Å². The summed E-state index contributed by atoms with van der Waals surface area (Å²) in [6, 6.07) is 12.1. The molecule has 0 radical (unpaired) electrons. The molecule has 0 amide bonds. The second kappa shape index (κ2) is 5.09. The maximum atomic E-state index is 10.1. The molecule has 3 nitrogen and oxygen atoms in total. The molecule has 21 heavy (non-hydrogen) atoms. The van der Waals surface area contributed by atoms with Gasteiger partial charge in [0.25, 0.3) is 0 Å². The third-order valence-corrected chi connectivity index (χ3v) is 3.88. The molecule has 0 aliphatic rings. The third kappa shape index (κ3) is 2.42. The second-order valence-corrected chi connectivity index (χ2v) is 5.41. The van der Waals surface area contributed by atoms with Crippen molar-refractivity contribution in [3.63, 3.8) is 0 Å². The van der Waals surface area contributed by atoms with Crippen molar-refractivity contribution in [2.45, 2.75) is 20.8 Å². The first-order valence-electron chi connectivity index (χ1n) is 6.98. The van der Waals surface area contributed by atoms with Crippen LogP contribution in [0.15, 0.2) is 41.4 Å². The van der Waals surface area contributed by atoms with Crippen molar-refractivity contribution in [2.75, 3.05) is 0 Å². The molecule has 0 bridgehead atoms. The average molecular weight is 278 g/mol. The molecule has 2 aromatic carbocycles. The minimum Gasteiger partial charge on any atom is -0.494 e. The average Bonchev–Trinajstić information content (AvgIpc) is 2.76. The largest absolute Gasteiger partial charge is 0.494 e. The Morgan fingerprint density at radius 2 is 1.90 bits per heavy atom. The fraction of sp³-hybridized carbons (Fsp3) is 0.167. The molecule has 106 valence electrons. The summed E-state index contributed by atoms with van der Waals surface area (Å²) in [5.74, 6) is 0.157. The molecule has 0 saturated carbocycles. The van der Waals surface area contributed by atoms with Gasteiger partial charge in [-0.05, 0) is 50.1 Å². The maximum absolute atomic E-state index is 10.1. The van der Waals surface area contributed by atoms with Crippen LogP contribution in [0.3, 0.4) is 0 Å². The van der Waals surface area contributed by atoms with E-state index in [0.717, 1.165) is 33.3 Å². The normalized spacial score (nSPS) is 11.6. The number of aromatic amines is 1. The molecule has 3 rings (SSSR count). The van der Waals surface area contributed by atoms with Crippen LogP contribution in [0.2, 0.25) is 0 Å². The Balaban J connectivity index is 2.09. The highest BCUT2D eigenvalue weighted by molar-refractivity contribution is 6.02. The number of fused-ring (bicyclic) bond motifs is 1. The quantitative estimate of drug-likeness (QED) is 0.664. The lowest BCUT2D eigenvalue weighted by molar-refractivity contribution is 0.457. The Morgan fingerprint density at radius 1 is 1.10 bits per heavy atom. The maximum Gasteiger partial charge on any atom is 0.198 e. The van der Waals surface area contributed by atoms with E-state index in [9.17, 15) is 5.11 Å². The van der Waals surface area contributed by atoms with Crippen molar-refractivity contribution in [1.82, 2.24) is 4.98 Å². The molecule has 0 aliphatic carbocycles. The summed E-state index contributed by atoms with van der Waals surface area (Å²) in [6.07, 6.45) is 1.73. The van der Waals surface area contributed by atoms with Crippen LogP contribution in [0, 0.1) is 20.8 Å². The van der Waals surface area contributed by atoms with Gasteiger partial charge in [0.1, 0.15) is 0 Å². The number of aryl methyl sites for hydroxylation is 2. The van der Waals surface area contributed by atoms with Gasteiger partial charge in [-0.15, -0.1) is 0 Å². The van der Waals surface area contributed by atoms with Gasteiger partial charge in [0.2, 0.25) is 0 Å². The van der Waals surface area contributed by atoms with Crippen LogP contribution in [-0.4, -0.2) is 16.3 Å². The Kier molecular flexibility index (Phi) is 3.26. The zero-order valence-electron chi connectivity index (χ0n) is 12.4. The summed E-state index contributed by atoms with van der Waals surface area (Å²) in [7, 11) is 0. The first kappa shape index (κ1) is 13.4. The lowest BCUT2D eigenvalue weighted by Crippen LogP contribution is -1.83. The molecule has 1 heterocycles. The van der Waals surface area contributed by atoms with Crippen LogP contribution in [0.25, 0.3) is 10.9 Å². The zero-order chi connectivity index (χ0) is 15.0. The minimum atomic E-state index is 0.157.